The SMILES string of the molecule is CCOc1ccccc1NC(=O)C[NH+](C)Cc1ccc(Cl)cc1Cl. The van der Waals surface area contributed by atoms with Crippen molar-refractivity contribution in [1.29, 1.82) is 0 Å². The Bertz CT molecular complexity index is 707. The van der Waals surface area contributed by atoms with Crippen molar-refractivity contribution in [3.8, 4) is 5.75 Å². The Morgan fingerprint density at radius 3 is 2.67 bits per heavy atom. The molecular weight excluding hydrogens is 347 g/mol. The van der Waals surface area contributed by atoms with Crippen molar-refractivity contribution in [1.82, 2.24) is 0 Å². The monoisotopic (exact) mass is 367 g/mol. The lowest BCUT2D eigenvalue weighted by Crippen LogP contribution is -3.08. The number of nitrogens with one attached hydrogen (secondary N) is 2. The summed E-state index contributed by atoms with van der Waals surface area (Å²) in [6.45, 7) is 3.41. The number of rotatable bonds is 7. The molecule has 6 heteroatoms. The molecule has 2 N–H and O–H groups in total. The van der Waals surface area contributed by atoms with Crippen LogP contribution in [0, 0.1) is 0 Å². The molecule has 1 atom stereocenters. The summed E-state index contributed by atoms with van der Waals surface area (Å²) in [5.41, 5.74) is 1.64. The fourth-order valence-electron chi connectivity index (χ4n) is 2.37. The summed E-state index contributed by atoms with van der Waals surface area (Å²) >= 11 is 12.1. The molecule has 0 aliphatic heterocycles. The van der Waals surface area contributed by atoms with Crippen LogP contribution in [0.25, 0.3) is 0 Å². The number of carbonyl (C=O) groups excluding carboxylic acids is 1. The predicted molar refractivity (Wildman–Crippen MR) is 98.2 cm³/mol. The third kappa shape index (κ3) is 5.41. The van der Waals surface area contributed by atoms with Gasteiger partial charge in [0.2, 0.25) is 0 Å². The quantitative estimate of drug-likeness (QED) is 0.789. The van der Waals surface area contributed by atoms with Crippen LogP contribution in [0.15, 0.2) is 42.5 Å². The molecule has 4 nitrogen and oxygen atoms in total. The first-order chi connectivity index (χ1) is 11.5. The minimum absolute atomic E-state index is 0.0789. The Labute approximate surface area is 152 Å². The zero-order valence-corrected chi connectivity index (χ0v) is 15.2. The fourth-order valence-corrected chi connectivity index (χ4v) is 2.85. The number of benzene rings is 2. The molecule has 2 rings (SSSR count). The first-order valence-corrected chi connectivity index (χ1v) is 8.52. The second-order valence-electron chi connectivity index (χ2n) is 5.52. The minimum atomic E-state index is -0.0789. The van der Waals surface area contributed by atoms with E-state index in [9.17, 15) is 4.79 Å². The normalized spacial score (nSPS) is 11.8. The van der Waals surface area contributed by atoms with Gasteiger partial charge in [-0.3, -0.25) is 4.79 Å². The van der Waals surface area contributed by atoms with Crippen molar-refractivity contribution < 1.29 is 14.4 Å². The fraction of sp³-hybridized carbons (Fsp3) is 0.278. The number of hydrogen-bond acceptors (Lipinski definition) is 2. The van der Waals surface area contributed by atoms with Crippen LogP contribution in [-0.2, 0) is 11.3 Å². The van der Waals surface area contributed by atoms with Crippen molar-refractivity contribution in [2.75, 3.05) is 25.5 Å². The van der Waals surface area contributed by atoms with Gasteiger partial charge < -0.3 is 15.0 Å². The molecule has 0 bridgehead atoms. The number of ether oxygens (including phenoxy) is 1. The van der Waals surface area contributed by atoms with Gasteiger partial charge in [-0.25, -0.2) is 0 Å². The molecule has 0 aromatic heterocycles. The van der Waals surface area contributed by atoms with Gasteiger partial charge in [0.1, 0.15) is 12.3 Å². The average molecular weight is 368 g/mol. The van der Waals surface area contributed by atoms with Crippen molar-refractivity contribution >= 4 is 34.8 Å². The summed E-state index contributed by atoms with van der Waals surface area (Å²) < 4.78 is 5.51. The van der Waals surface area contributed by atoms with E-state index < -0.39 is 0 Å². The standard InChI is InChI=1S/C18H20Cl2N2O2/c1-3-24-17-7-5-4-6-16(17)21-18(23)12-22(2)11-13-8-9-14(19)10-15(13)20/h4-10H,3,11-12H2,1-2H3,(H,21,23)/p+1. The van der Waals surface area contributed by atoms with E-state index >= 15 is 0 Å². The zero-order chi connectivity index (χ0) is 17.5. The van der Waals surface area contributed by atoms with Crippen molar-refractivity contribution in [3.63, 3.8) is 0 Å². The maximum Gasteiger partial charge on any atom is 0.279 e. The number of anilines is 1. The molecule has 0 fully saturated rings. The Kier molecular flexibility index (Phi) is 6.91. The summed E-state index contributed by atoms with van der Waals surface area (Å²) in [5.74, 6) is 0.594. The number of likely N-dealkylation sites (N-methyl/N-ethyl adjacent to an activating group) is 1. The van der Waals surface area contributed by atoms with Crippen LogP contribution in [0.2, 0.25) is 10.0 Å². The van der Waals surface area contributed by atoms with Crippen LogP contribution in [0.3, 0.4) is 0 Å². The Balaban J connectivity index is 1.94. The van der Waals surface area contributed by atoms with Crippen molar-refractivity contribution in [2.45, 2.75) is 13.5 Å². The second-order valence-corrected chi connectivity index (χ2v) is 6.37. The van der Waals surface area contributed by atoms with Crippen molar-refractivity contribution in [3.05, 3.63) is 58.1 Å². The molecule has 0 saturated carbocycles. The van der Waals surface area contributed by atoms with Crippen molar-refractivity contribution in [2.24, 2.45) is 0 Å². The molecule has 0 spiro atoms. The van der Waals surface area contributed by atoms with Crippen LogP contribution < -0.4 is 15.0 Å². The van der Waals surface area contributed by atoms with E-state index in [4.69, 9.17) is 27.9 Å². The first kappa shape index (κ1) is 18.6. The van der Waals surface area contributed by atoms with E-state index in [0.717, 1.165) is 10.5 Å². The van der Waals surface area contributed by atoms with Gasteiger partial charge in [0, 0.05) is 10.6 Å². The molecule has 128 valence electrons. The van der Waals surface area contributed by atoms with E-state index in [2.05, 4.69) is 5.32 Å². The van der Waals surface area contributed by atoms with E-state index in [0.29, 0.717) is 41.2 Å². The number of carbonyl (C=O) groups is 1. The third-order valence-electron chi connectivity index (χ3n) is 3.43. The van der Waals surface area contributed by atoms with Gasteiger partial charge in [-0.15, -0.1) is 0 Å². The molecule has 24 heavy (non-hydrogen) atoms. The molecule has 0 heterocycles. The molecular formula is C18H21Cl2N2O2+. The highest BCUT2D eigenvalue weighted by Crippen LogP contribution is 2.23. The predicted octanol–water partition coefficient (Wildman–Crippen LogP) is 3.05. The Hall–Kier alpha value is -1.75. The van der Waals surface area contributed by atoms with Gasteiger partial charge in [-0.05, 0) is 31.2 Å². The topological polar surface area (TPSA) is 42.8 Å². The lowest BCUT2D eigenvalue weighted by Gasteiger charge is -2.16. The number of para-hydroxylation sites is 2. The smallest absolute Gasteiger partial charge is 0.279 e. The van der Waals surface area contributed by atoms with Crippen LogP contribution >= 0.6 is 23.2 Å². The lowest BCUT2D eigenvalue weighted by molar-refractivity contribution is -0.885. The number of amides is 1. The maximum absolute atomic E-state index is 12.3. The van der Waals surface area contributed by atoms with E-state index in [-0.39, 0.29) is 5.91 Å². The van der Waals surface area contributed by atoms with E-state index in [1.54, 1.807) is 12.1 Å². The van der Waals surface area contributed by atoms with Gasteiger partial charge in [0.05, 0.1) is 24.4 Å². The third-order valence-corrected chi connectivity index (χ3v) is 4.02. The summed E-state index contributed by atoms with van der Waals surface area (Å²) in [6, 6.07) is 12.8. The first-order valence-electron chi connectivity index (χ1n) is 7.76. The number of hydrogen-bond donors (Lipinski definition) is 2. The van der Waals surface area contributed by atoms with Gasteiger partial charge in [-0.1, -0.05) is 41.4 Å². The largest absolute Gasteiger partial charge is 0.492 e. The second kappa shape index (κ2) is 8.92. The Morgan fingerprint density at radius 1 is 1.21 bits per heavy atom. The van der Waals surface area contributed by atoms with Gasteiger partial charge in [0.15, 0.2) is 6.54 Å². The van der Waals surface area contributed by atoms with Crippen LogP contribution in [0.5, 0.6) is 5.75 Å². The zero-order valence-electron chi connectivity index (χ0n) is 13.7. The highest BCUT2D eigenvalue weighted by molar-refractivity contribution is 6.35. The minimum Gasteiger partial charge on any atom is -0.492 e. The van der Waals surface area contributed by atoms with Crippen LogP contribution in [0.1, 0.15) is 12.5 Å². The van der Waals surface area contributed by atoms with Gasteiger partial charge >= 0.3 is 0 Å². The molecule has 0 radical (unpaired) electrons. The summed E-state index contributed by atoms with van der Waals surface area (Å²) in [5, 5.41) is 4.12. The van der Waals surface area contributed by atoms with Gasteiger partial charge in [0.25, 0.3) is 5.91 Å². The highest BCUT2D eigenvalue weighted by atomic mass is 35.5. The van der Waals surface area contributed by atoms with Crippen LogP contribution in [0.4, 0.5) is 5.69 Å². The highest BCUT2D eigenvalue weighted by Gasteiger charge is 2.14. The lowest BCUT2D eigenvalue weighted by atomic mass is 10.2. The van der Waals surface area contributed by atoms with E-state index in [1.165, 1.54) is 0 Å². The Morgan fingerprint density at radius 2 is 1.96 bits per heavy atom. The number of quaternary nitrogens is 1. The molecule has 1 amide bonds. The van der Waals surface area contributed by atoms with Crippen LogP contribution in [-0.4, -0.2) is 26.1 Å². The molecule has 2 aromatic rings. The average Bonchev–Trinajstić information content (AvgIpc) is 2.52. The molecule has 0 aliphatic rings. The summed E-state index contributed by atoms with van der Waals surface area (Å²) in [4.78, 5) is 13.3. The summed E-state index contributed by atoms with van der Waals surface area (Å²) in [7, 11) is 1.94. The van der Waals surface area contributed by atoms with E-state index in [1.807, 2.05) is 44.3 Å². The molecule has 2 aromatic carbocycles. The number of halogens is 2. The molecule has 0 saturated heterocycles. The molecule has 1 unspecified atom stereocenters. The van der Waals surface area contributed by atoms with Gasteiger partial charge in [-0.2, -0.15) is 0 Å². The molecule has 0 aliphatic carbocycles. The maximum atomic E-state index is 12.3. The summed E-state index contributed by atoms with van der Waals surface area (Å²) in [6.07, 6.45) is 0.